The molecule has 1 aliphatic heterocycles. The monoisotopic (exact) mass is 268 g/mol. The van der Waals surface area contributed by atoms with Gasteiger partial charge in [0.05, 0.1) is 12.6 Å². The summed E-state index contributed by atoms with van der Waals surface area (Å²) in [7, 11) is 0. The van der Waals surface area contributed by atoms with E-state index in [1.807, 2.05) is 17.9 Å². The van der Waals surface area contributed by atoms with Crippen LogP contribution in [0.1, 0.15) is 12.0 Å². The molecule has 0 saturated carbocycles. The number of carbonyl (C=O) groups is 1. The van der Waals surface area contributed by atoms with E-state index in [4.69, 9.17) is 11.6 Å². The van der Waals surface area contributed by atoms with Crippen molar-refractivity contribution in [1.82, 2.24) is 4.90 Å². The van der Waals surface area contributed by atoms with Crippen LogP contribution in [-0.2, 0) is 4.79 Å². The highest BCUT2D eigenvalue weighted by atomic mass is 35.5. The normalized spacial score (nSPS) is 20.1. The summed E-state index contributed by atoms with van der Waals surface area (Å²) in [6, 6.07) is 5.37. The SMILES string of the molecule is Cc1cc(Cl)ccc1NC(=O)CN1CC[C@@H](O)C1. The van der Waals surface area contributed by atoms with Crippen LogP contribution in [0.3, 0.4) is 0 Å². The molecule has 0 spiro atoms. The Kier molecular flexibility index (Phi) is 4.22. The largest absolute Gasteiger partial charge is 0.392 e. The summed E-state index contributed by atoms with van der Waals surface area (Å²) in [5.41, 5.74) is 1.72. The minimum atomic E-state index is -0.296. The zero-order chi connectivity index (χ0) is 13.1. The van der Waals surface area contributed by atoms with Gasteiger partial charge in [-0.05, 0) is 37.1 Å². The van der Waals surface area contributed by atoms with E-state index in [-0.39, 0.29) is 12.0 Å². The van der Waals surface area contributed by atoms with Gasteiger partial charge in [0.1, 0.15) is 0 Å². The average Bonchev–Trinajstić information content (AvgIpc) is 2.68. The maximum atomic E-state index is 11.8. The Morgan fingerprint density at radius 2 is 2.39 bits per heavy atom. The number of nitrogens with zero attached hydrogens (tertiary/aromatic N) is 1. The second-order valence-electron chi connectivity index (χ2n) is 4.69. The molecule has 0 radical (unpaired) electrons. The topological polar surface area (TPSA) is 52.6 Å². The highest BCUT2D eigenvalue weighted by molar-refractivity contribution is 6.30. The van der Waals surface area contributed by atoms with Gasteiger partial charge < -0.3 is 10.4 Å². The molecule has 1 atom stereocenters. The van der Waals surface area contributed by atoms with E-state index in [9.17, 15) is 9.90 Å². The Labute approximate surface area is 112 Å². The fourth-order valence-corrected chi connectivity index (χ4v) is 2.34. The summed E-state index contributed by atoms with van der Waals surface area (Å²) in [4.78, 5) is 13.8. The smallest absolute Gasteiger partial charge is 0.238 e. The third kappa shape index (κ3) is 3.45. The third-order valence-electron chi connectivity index (χ3n) is 3.08. The number of aryl methyl sites for hydroxylation is 1. The molecule has 98 valence electrons. The summed E-state index contributed by atoms with van der Waals surface area (Å²) >= 11 is 5.86. The van der Waals surface area contributed by atoms with Gasteiger partial charge in [-0.2, -0.15) is 0 Å². The predicted molar refractivity (Wildman–Crippen MR) is 71.9 cm³/mol. The number of aliphatic hydroxyl groups is 1. The minimum absolute atomic E-state index is 0.0606. The minimum Gasteiger partial charge on any atom is -0.392 e. The lowest BCUT2D eigenvalue weighted by Crippen LogP contribution is -2.32. The molecule has 0 aliphatic carbocycles. The number of amides is 1. The summed E-state index contributed by atoms with van der Waals surface area (Å²) in [5.74, 6) is -0.0606. The number of anilines is 1. The van der Waals surface area contributed by atoms with Crippen LogP contribution in [0.4, 0.5) is 5.69 Å². The van der Waals surface area contributed by atoms with Gasteiger partial charge in [-0.15, -0.1) is 0 Å². The molecular formula is C13H17ClN2O2. The lowest BCUT2D eigenvalue weighted by molar-refractivity contribution is -0.117. The molecule has 1 aromatic rings. The zero-order valence-electron chi connectivity index (χ0n) is 10.3. The Balaban J connectivity index is 1.91. The Bertz CT molecular complexity index is 451. The van der Waals surface area contributed by atoms with E-state index < -0.39 is 0 Å². The van der Waals surface area contributed by atoms with Crippen LogP contribution in [0.25, 0.3) is 0 Å². The van der Waals surface area contributed by atoms with E-state index >= 15 is 0 Å². The molecule has 0 unspecified atom stereocenters. The lowest BCUT2D eigenvalue weighted by Gasteiger charge is -2.15. The first-order chi connectivity index (χ1) is 8.54. The van der Waals surface area contributed by atoms with E-state index in [1.54, 1.807) is 12.1 Å². The standard InChI is InChI=1S/C13H17ClN2O2/c1-9-6-10(14)2-3-12(9)15-13(18)8-16-5-4-11(17)7-16/h2-3,6,11,17H,4-5,7-8H2,1H3,(H,15,18)/t11-/m1/s1. The molecule has 2 N–H and O–H groups in total. The summed E-state index contributed by atoms with van der Waals surface area (Å²) in [6.45, 7) is 3.57. The first kappa shape index (κ1) is 13.3. The zero-order valence-corrected chi connectivity index (χ0v) is 11.1. The first-order valence-electron chi connectivity index (χ1n) is 6.01. The van der Waals surface area contributed by atoms with Crippen molar-refractivity contribution in [2.24, 2.45) is 0 Å². The average molecular weight is 269 g/mol. The van der Waals surface area contributed by atoms with Gasteiger partial charge in [-0.1, -0.05) is 11.6 Å². The molecule has 0 aromatic heterocycles. The number of hydrogen-bond donors (Lipinski definition) is 2. The van der Waals surface area contributed by atoms with Crippen LogP contribution in [0.5, 0.6) is 0 Å². The molecule has 1 amide bonds. The quantitative estimate of drug-likeness (QED) is 0.877. The second kappa shape index (κ2) is 5.69. The molecule has 2 rings (SSSR count). The van der Waals surface area contributed by atoms with E-state index in [1.165, 1.54) is 0 Å². The number of likely N-dealkylation sites (tertiary alicyclic amines) is 1. The van der Waals surface area contributed by atoms with Gasteiger partial charge in [-0.25, -0.2) is 0 Å². The number of hydrogen-bond acceptors (Lipinski definition) is 3. The van der Waals surface area contributed by atoms with Gasteiger partial charge in [0, 0.05) is 23.8 Å². The molecule has 4 nitrogen and oxygen atoms in total. The summed E-state index contributed by atoms with van der Waals surface area (Å²) in [6.07, 6.45) is 0.447. The number of aliphatic hydroxyl groups excluding tert-OH is 1. The Morgan fingerprint density at radius 1 is 1.61 bits per heavy atom. The van der Waals surface area contributed by atoms with Gasteiger partial charge >= 0.3 is 0 Å². The van der Waals surface area contributed by atoms with Gasteiger partial charge in [0.15, 0.2) is 0 Å². The molecule has 1 fully saturated rings. The number of halogens is 1. The van der Waals surface area contributed by atoms with Crippen LogP contribution in [-0.4, -0.2) is 41.7 Å². The molecular weight excluding hydrogens is 252 g/mol. The maximum absolute atomic E-state index is 11.8. The third-order valence-corrected chi connectivity index (χ3v) is 3.31. The van der Waals surface area contributed by atoms with Crippen LogP contribution in [0.15, 0.2) is 18.2 Å². The molecule has 1 heterocycles. The molecule has 18 heavy (non-hydrogen) atoms. The van der Waals surface area contributed by atoms with Crippen molar-refractivity contribution in [3.05, 3.63) is 28.8 Å². The van der Waals surface area contributed by atoms with Crippen LogP contribution >= 0.6 is 11.6 Å². The maximum Gasteiger partial charge on any atom is 0.238 e. The van der Waals surface area contributed by atoms with E-state index in [2.05, 4.69) is 5.32 Å². The van der Waals surface area contributed by atoms with E-state index in [0.29, 0.717) is 18.1 Å². The van der Waals surface area contributed by atoms with Crippen molar-refractivity contribution >= 4 is 23.2 Å². The van der Waals surface area contributed by atoms with Crippen molar-refractivity contribution in [1.29, 1.82) is 0 Å². The van der Waals surface area contributed by atoms with Crippen molar-refractivity contribution in [3.8, 4) is 0 Å². The number of carbonyl (C=O) groups excluding carboxylic acids is 1. The second-order valence-corrected chi connectivity index (χ2v) is 5.12. The fraction of sp³-hybridized carbons (Fsp3) is 0.462. The highest BCUT2D eigenvalue weighted by Gasteiger charge is 2.22. The van der Waals surface area contributed by atoms with Crippen LogP contribution in [0, 0.1) is 6.92 Å². The number of β-amino-alcohol motifs (C(OH)–C–C–N with tert-alkyl or cyclic N) is 1. The number of benzene rings is 1. The van der Waals surface area contributed by atoms with Crippen molar-refractivity contribution in [3.63, 3.8) is 0 Å². The number of rotatable bonds is 3. The van der Waals surface area contributed by atoms with Crippen LogP contribution in [0.2, 0.25) is 5.02 Å². The Morgan fingerprint density at radius 3 is 3.00 bits per heavy atom. The lowest BCUT2D eigenvalue weighted by atomic mass is 10.2. The predicted octanol–water partition coefficient (Wildman–Crippen LogP) is 1.65. The van der Waals surface area contributed by atoms with Crippen molar-refractivity contribution < 1.29 is 9.90 Å². The summed E-state index contributed by atoms with van der Waals surface area (Å²) < 4.78 is 0. The van der Waals surface area contributed by atoms with Gasteiger partial charge in [-0.3, -0.25) is 9.69 Å². The summed E-state index contributed by atoms with van der Waals surface area (Å²) in [5, 5.41) is 12.9. The first-order valence-corrected chi connectivity index (χ1v) is 6.39. The molecule has 1 aromatic carbocycles. The van der Waals surface area contributed by atoms with Gasteiger partial charge in [0.2, 0.25) is 5.91 Å². The fourth-order valence-electron chi connectivity index (χ4n) is 2.12. The van der Waals surface area contributed by atoms with E-state index in [0.717, 1.165) is 24.2 Å². The number of nitrogens with one attached hydrogen (secondary N) is 1. The van der Waals surface area contributed by atoms with Crippen molar-refractivity contribution in [2.45, 2.75) is 19.4 Å². The Hall–Kier alpha value is -1.10. The van der Waals surface area contributed by atoms with Gasteiger partial charge in [0.25, 0.3) is 0 Å². The highest BCUT2D eigenvalue weighted by Crippen LogP contribution is 2.19. The molecule has 0 bridgehead atoms. The molecule has 5 heteroatoms. The van der Waals surface area contributed by atoms with Crippen molar-refractivity contribution in [2.75, 3.05) is 25.0 Å². The molecule has 1 saturated heterocycles. The van der Waals surface area contributed by atoms with Crippen LogP contribution < -0.4 is 5.32 Å². The molecule has 1 aliphatic rings.